The van der Waals surface area contributed by atoms with Crippen molar-refractivity contribution in [2.24, 2.45) is 0 Å². The highest BCUT2D eigenvalue weighted by Gasteiger charge is 2.19. The van der Waals surface area contributed by atoms with Gasteiger partial charge in [-0.1, -0.05) is 18.2 Å². The summed E-state index contributed by atoms with van der Waals surface area (Å²) in [5, 5.41) is 0.424. The summed E-state index contributed by atoms with van der Waals surface area (Å²) < 4.78 is 26.5. The number of benzene rings is 1. The Morgan fingerprint density at radius 1 is 1.39 bits per heavy atom. The monoisotopic (exact) mass is 286 g/mol. The molecule has 18 heavy (non-hydrogen) atoms. The maximum Gasteiger partial charge on any atom is 0.215 e. The summed E-state index contributed by atoms with van der Waals surface area (Å²) in [4.78, 5) is 0. The molecule has 100 valence electrons. The van der Waals surface area contributed by atoms with E-state index in [-0.39, 0.29) is 5.75 Å². The van der Waals surface area contributed by atoms with Crippen LogP contribution in [0.2, 0.25) is 0 Å². The molecular weight excluding hydrogens is 268 g/mol. The zero-order valence-corrected chi connectivity index (χ0v) is 11.8. The number of nitrogens with one attached hydrogen (secondary N) is 1. The van der Waals surface area contributed by atoms with Gasteiger partial charge in [-0.3, -0.25) is 0 Å². The zero-order chi connectivity index (χ0) is 13.0. The van der Waals surface area contributed by atoms with E-state index in [9.17, 15) is 8.42 Å². The van der Waals surface area contributed by atoms with Crippen molar-refractivity contribution in [1.29, 1.82) is 0 Å². The first-order chi connectivity index (χ1) is 8.57. The second kappa shape index (κ2) is 5.95. The highest BCUT2D eigenvalue weighted by molar-refractivity contribution is 8.00. The number of rotatable bonds is 5. The second-order valence-electron chi connectivity index (χ2n) is 4.44. The molecule has 0 saturated carbocycles. The predicted octanol–water partition coefficient (Wildman–Crippen LogP) is 1.58. The summed E-state index contributed by atoms with van der Waals surface area (Å²) in [6, 6.07) is 7.07. The van der Waals surface area contributed by atoms with Gasteiger partial charge in [0.1, 0.15) is 0 Å². The van der Waals surface area contributed by atoms with Crippen LogP contribution in [0.3, 0.4) is 0 Å². The molecule has 0 spiro atoms. The number of hydrogen-bond donors (Lipinski definition) is 2. The third-order valence-corrected chi connectivity index (χ3v) is 5.65. The summed E-state index contributed by atoms with van der Waals surface area (Å²) in [5.74, 6) is 1.09. The van der Waals surface area contributed by atoms with Crippen LogP contribution in [-0.4, -0.2) is 26.0 Å². The van der Waals surface area contributed by atoms with Crippen LogP contribution in [0, 0.1) is 0 Å². The molecule has 0 radical (unpaired) electrons. The van der Waals surface area contributed by atoms with Gasteiger partial charge in [-0.15, -0.1) is 0 Å². The first-order valence-electron chi connectivity index (χ1n) is 5.99. The van der Waals surface area contributed by atoms with Crippen LogP contribution >= 0.6 is 11.8 Å². The highest BCUT2D eigenvalue weighted by atomic mass is 32.2. The number of para-hydroxylation sites is 1. The number of thioether (sulfide) groups is 1. The molecule has 0 amide bonds. The van der Waals surface area contributed by atoms with E-state index in [2.05, 4.69) is 4.72 Å². The molecule has 0 aliphatic carbocycles. The smallest absolute Gasteiger partial charge is 0.215 e. The van der Waals surface area contributed by atoms with Crippen molar-refractivity contribution >= 4 is 27.5 Å². The molecule has 1 unspecified atom stereocenters. The van der Waals surface area contributed by atoms with Crippen molar-refractivity contribution < 1.29 is 8.42 Å². The molecule has 0 aromatic heterocycles. The van der Waals surface area contributed by atoms with E-state index in [1.165, 1.54) is 6.42 Å². The fourth-order valence-corrected chi connectivity index (χ4v) is 4.48. The molecule has 1 aromatic carbocycles. The lowest BCUT2D eigenvalue weighted by atomic mass is 10.2. The SMILES string of the molecule is Nc1ccccc1CS(=O)(=O)NCC1CCCS1. The van der Waals surface area contributed by atoms with Gasteiger partial charge in [-0.2, -0.15) is 11.8 Å². The van der Waals surface area contributed by atoms with Gasteiger partial charge in [0.05, 0.1) is 5.75 Å². The first-order valence-corrected chi connectivity index (χ1v) is 8.69. The van der Waals surface area contributed by atoms with E-state index in [1.54, 1.807) is 24.3 Å². The lowest BCUT2D eigenvalue weighted by molar-refractivity contribution is 0.578. The Morgan fingerprint density at radius 3 is 2.83 bits per heavy atom. The van der Waals surface area contributed by atoms with Gasteiger partial charge < -0.3 is 5.73 Å². The minimum Gasteiger partial charge on any atom is -0.398 e. The van der Waals surface area contributed by atoms with Crippen molar-refractivity contribution in [3.8, 4) is 0 Å². The molecule has 2 rings (SSSR count). The number of hydrogen-bond acceptors (Lipinski definition) is 4. The van der Waals surface area contributed by atoms with Gasteiger partial charge in [0, 0.05) is 17.5 Å². The van der Waals surface area contributed by atoms with Crippen LogP contribution in [0.25, 0.3) is 0 Å². The molecular formula is C12H18N2O2S2. The van der Waals surface area contributed by atoms with E-state index in [0.717, 1.165) is 12.2 Å². The normalized spacial score (nSPS) is 20.1. The zero-order valence-electron chi connectivity index (χ0n) is 10.1. The van der Waals surface area contributed by atoms with E-state index in [0.29, 0.717) is 23.0 Å². The fraction of sp³-hybridized carbons (Fsp3) is 0.500. The van der Waals surface area contributed by atoms with E-state index < -0.39 is 10.0 Å². The Bertz CT molecular complexity index is 497. The quantitative estimate of drug-likeness (QED) is 0.806. The van der Waals surface area contributed by atoms with Crippen molar-refractivity contribution in [2.45, 2.75) is 23.8 Å². The van der Waals surface area contributed by atoms with Gasteiger partial charge in [0.25, 0.3) is 0 Å². The minimum atomic E-state index is -3.29. The van der Waals surface area contributed by atoms with Crippen LogP contribution < -0.4 is 10.5 Å². The van der Waals surface area contributed by atoms with Crippen molar-refractivity contribution in [1.82, 2.24) is 4.72 Å². The third-order valence-electron chi connectivity index (χ3n) is 2.96. The molecule has 1 aromatic rings. The topological polar surface area (TPSA) is 72.2 Å². The minimum absolute atomic E-state index is 0.0446. The summed E-state index contributed by atoms with van der Waals surface area (Å²) in [6.45, 7) is 0.528. The van der Waals surface area contributed by atoms with Gasteiger partial charge in [0.15, 0.2) is 0 Å². The average Bonchev–Trinajstić information content (AvgIpc) is 2.83. The molecule has 1 aliphatic rings. The maximum absolute atomic E-state index is 11.9. The van der Waals surface area contributed by atoms with Crippen LogP contribution in [0.5, 0.6) is 0 Å². The lowest BCUT2D eigenvalue weighted by Crippen LogP contribution is -2.31. The van der Waals surface area contributed by atoms with Crippen LogP contribution in [-0.2, 0) is 15.8 Å². The summed E-state index contributed by atoms with van der Waals surface area (Å²) >= 11 is 1.84. The Kier molecular flexibility index (Phi) is 4.53. The highest BCUT2D eigenvalue weighted by Crippen LogP contribution is 2.25. The van der Waals surface area contributed by atoms with Gasteiger partial charge in [0.2, 0.25) is 10.0 Å². The standard InChI is InChI=1S/C12H18N2O2S2/c13-12-6-2-1-4-10(12)9-18(15,16)14-8-11-5-3-7-17-11/h1-2,4,6,11,14H,3,5,7-9,13H2. The third kappa shape index (κ3) is 3.90. The van der Waals surface area contributed by atoms with Crippen LogP contribution in [0.1, 0.15) is 18.4 Å². The Balaban J connectivity index is 1.92. The molecule has 6 heteroatoms. The summed E-state index contributed by atoms with van der Waals surface area (Å²) in [6.07, 6.45) is 2.28. The summed E-state index contributed by atoms with van der Waals surface area (Å²) in [5.41, 5.74) is 6.93. The van der Waals surface area contributed by atoms with E-state index >= 15 is 0 Å². The van der Waals surface area contributed by atoms with Gasteiger partial charge in [-0.05, 0) is 30.2 Å². The number of sulfonamides is 1. The molecule has 1 saturated heterocycles. The van der Waals surface area contributed by atoms with E-state index in [4.69, 9.17) is 5.73 Å². The van der Waals surface area contributed by atoms with E-state index in [1.807, 2.05) is 11.8 Å². The second-order valence-corrected chi connectivity index (χ2v) is 7.66. The van der Waals surface area contributed by atoms with Crippen molar-refractivity contribution in [3.63, 3.8) is 0 Å². The predicted molar refractivity (Wildman–Crippen MR) is 77.0 cm³/mol. The fourth-order valence-electron chi connectivity index (χ4n) is 1.95. The van der Waals surface area contributed by atoms with Crippen LogP contribution in [0.4, 0.5) is 5.69 Å². The van der Waals surface area contributed by atoms with Gasteiger partial charge in [-0.25, -0.2) is 13.1 Å². The Hall–Kier alpha value is -0.720. The number of anilines is 1. The number of nitrogen functional groups attached to an aromatic ring is 1. The molecule has 1 aliphatic heterocycles. The Labute approximate surface area is 112 Å². The van der Waals surface area contributed by atoms with Crippen molar-refractivity contribution in [3.05, 3.63) is 29.8 Å². The lowest BCUT2D eigenvalue weighted by Gasteiger charge is -2.11. The molecule has 1 fully saturated rings. The molecule has 1 atom stereocenters. The van der Waals surface area contributed by atoms with Crippen molar-refractivity contribution in [2.75, 3.05) is 18.0 Å². The molecule has 3 N–H and O–H groups in total. The number of nitrogens with two attached hydrogens (primary N) is 1. The molecule has 4 nitrogen and oxygen atoms in total. The first kappa shape index (κ1) is 13.7. The average molecular weight is 286 g/mol. The largest absolute Gasteiger partial charge is 0.398 e. The van der Waals surface area contributed by atoms with Crippen LogP contribution in [0.15, 0.2) is 24.3 Å². The molecule has 1 heterocycles. The summed E-state index contributed by atoms with van der Waals surface area (Å²) in [7, 11) is -3.29. The Morgan fingerprint density at radius 2 is 2.17 bits per heavy atom. The maximum atomic E-state index is 11.9. The molecule has 0 bridgehead atoms. The van der Waals surface area contributed by atoms with Gasteiger partial charge >= 0.3 is 0 Å².